The van der Waals surface area contributed by atoms with Gasteiger partial charge < -0.3 is 10.2 Å². The Bertz CT molecular complexity index is 354. The summed E-state index contributed by atoms with van der Waals surface area (Å²) in [5.74, 6) is 0.320. The van der Waals surface area contributed by atoms with E-state index in [1.165, 1.54) is 0 Å². The minimum absolute atomic E-state index is 0.0546. The lowest BCUT2D eigenvalue weighted by Gasteiger charge is -2.30. The zero-order valence-corrected chi connectivity index (χ0v) is 10.3. The first-order valence-corrected chi connectivity index (χ1v) is 5.74. The van der Waals surface area contributed by atoms with E-state index in [2.05, 4.69) is 24.2 Å². The molecule has 1 heterocycles. The van der Waals surface area contributed by atoms with Crippen LogP contribution in [0.2, 0.25) is 0 Å². The highest BCUT2D eigenvalue weighted by molar-refractivity contribution is 5.82. The van der Waals surface area contributed by atoms with Crippen molar-refractivity contribution in [1.82, 2.24) is 10.2 Å². The highest BCUT2D eigenvalue weighted by Crippen LogP contribution is 2.13. The molecule has 5 heteroatoms. The van der Waals surface area contributed by atoms with Crippen LogP contribution in [0.4, 0.5) is 0 Å². The van der Waals surface area contributed by atoms with Crippen LogP contribution in [0.1, 0.15) is 20.3 Å². The van der Waals surface area contributed by atoms with Gasteiger partial charge in [0, 0.05) is 18.6 Å². The van der Waals surface area contributed by atoms with Crippen molar-refractivity contribution in [2.45, 2.75) is 26.3 Å². The Kier molecular flexibility index (Phi) is 5.21. The van der Waals surface area contributed by atoms with Gasteiger partial charge in [0.05, 0.1) is 12.6 Å². The molecular formula is C12H18N4O. The van der Waals surface area contributed by atoms with Gasteiger partial charge in [-0.05, 0) is 12.3 Å². The second-order valence-corrected chi connectivity index (χ2v) is 4.35. The molecule has 1 N–H and O–H groups in total. The number of nitrogens with one attached hydrogen (secondary N) is 1. The quantitative estimate of drug-likeness (QED) is 0.718. The van der Waals surface area contributed by atoms with Gasteiger partial charge in [-0.1, -0.05) is 13.8 Å². The zero-order chi connectivity index (χ0) is 12.7. The van der Waals surface area contributed by atoms with E-state index in [4.69, 9.17) is 5.26 Å². The van der Waals surface area contributed by atoms with Gasteiger partial charge in [0.1, 0.15) is 12.6 Å². The summed E-state index contributed by atoms with van der Waals surface area (Å²) in [5, 5.41) is 11.1. The average molecular weight is 234 g/mol. The number of nitrogens with zero attached hydrogens (tertiary/aromatic N) is 3. The fraction of sp³-hybridized carbons (Fsp3) is 0.583. The normalized spacial score (nSPS) is 15.8. The van der Waals surface area contributed by atoms with Gasteiger partial charge in [-0.25, -0.2) is 0 Å². The number of carbonyl (C=O) groups excluding carboxylic acids is 1. The fourth-order valence-electron chi connectivity index (χ4n) is 1.70. The molecule has 1 amide bonds. The monoisotopic (exact) mass is 234 g/mol. The largest absolute Gasteiger partial charge is 0.359 e. The molecule has 5 nitrogen and oxygen atoms in total. The van der Waals surface area contributed by atoms with Gasteiger partial charge >= 0.3 is 0 Å². The van der Waals surface area contributed by atoms with Crippen molar-refractivity contribution in [1.29, 1.82) is 5.26 Å². The van der Waals surface area contributed by atoms with Crippen LogP contribution >= 0.6 is 0 Å². The van der Waals surface area contributed by atoms with Crippen LogP contribution in [0, 0.1) is 17.2 Å². The highest BCUT2D eigenvalue weighted by Gasteiger charge is 2.24. The lowest BCUT2D eigenvalue weighted by atomic mass is 10.0. The topological polar surface area (TPSA) is 68.5 Å². The van der Waals surface area contributed by atoms with Gasteiger partial charge in [-0.3, -0.25) is 9.79 Å². The molecule has 0 aromatic heterocycles. The molecule has 1 aliphatic rings. The number of rotatable bonds is 5. The van der Waals surface area contributed by atoms with E-state index >= 15 is 0 Å². The van der Waals surface area contributed by atoms with E-state index in [9.17, 15) is 4.79 Å². The van der Waals surface area contributed by atoms with Gasteiger partial charge in [0.15, 0.2) is 0 Å². The molecule has 17 heavy (non-hydrogen) atoms. The first-order chi connectivity index (χ1) is 8.15. The SMILES string of the molecule is CC(C)CC(C(=O)NCC#N)N1C=CN=CC1. The van der Waals surface area contributed by atoms with Crippen LogP contribution in [0.15, 0.2) is 17.4 Å². The Hall–Kier alpha value is -1.83. The summed E-state index contributed by atoms with van der Waals surface area (Å²) >= 11 is 0. The summed E-state index contributed by atoms with van der Waals surface area (Å²) in [6.07, 6.45) is 6.02. The molecule has 0 aromatic rings. The van der Waals surface area contributed by atoms with E-state index in [0.717, 1.165) is 6.42 Å². The third kappa shape index (κ3) is 4.27. The second kappa shape index (κ2) is 6.69. The first-order valence-electron chi connectivity index (χ1n) is 5.74. The van der Waals surface area contributed by atoms with Crippen LogP contribution in [0.5, 0.6) is 0 Å². The Morgan fingerprint density at radius 1 is 1.65 bits per heavy atom. The molecule has 0 spiro atoms. The first kappa shape index (κ1) is 13.2. The summed E-state index contributed by atoms with van der Waals surface area (Å²) in [4.78, 5) is 17.9. The fourth-order valence-corrected chi connectivity index (χ4v) is 1.70. The maximum Gasteiger partial charge on any atom is 0.243 e. The van der Waals surface area contributed by atoms with Gasteiger partial charge in [-0.15, -0.1) is 0 Å². The van der Waals surface area contributed by atoms with Crippen molar-refractivity contribution < 1.29 is 4.79 Å². The Labute approximate surface area is 102 Å². The summed E-state index contributed by atoms with van der Waals surface area (Å²) in [6.45, 7) is 4.84. The Balaban J connectivity index is 2.66. The molecule has 1 aliphatic heterocycles. The van der Waals surface area contributed by atoms with Crippen molar-refractivity contribution in [2.75, 3.05) is 13.1 Å². The zero-order valence-electron chi connectivity index (χ0n) is 10.3. The number of hydrogen-bond acceptors (Lipinski definition) is 4. The third-order valence-electron chi connectivity index (χ3n) is 2.48. The van der Waals surface area contributed by atoms with Crippen LogP contribution in [-0.4, -0.2) is 36.2 Å². The summed E-state index contributed by atoms with van der Waals surface area (Å²) < 4.78 is 0. The second-order valence-electron chi connectivity index (χ2n) is 4.35. The van der Waals surface area contributed by atoms with Crippen molar-refractivity contribution in [3.05, 3.63) is 12.4 Å². The molecule has 0 saturated heterocycles. The standard InChI is InChI=1S/C12H18N4O/c1-10(2)9-11(12(17)15-4-3-13)16-7-5-14-6-8-16/h5-7,10-11H,4,8-9H2,1-2H3,(H,15,17). The van der Waals surface area contributed by atoms with Crippen molar-refractivity contribution in [2.24, 2.45) is 10.9 Å². The van der Waals surface area contributed by atoms with Crippen LogP contribution in [-0.2, 0) is 4.79 Å². The molecule has 1 rings (SSSR count). The van der Waals surface area contributed by atoms with Crippen LogP contribution in [0.3, 0.4) is 0 Å². The maximum absolute atomic E-state index is 12.0. The Morgan fingerprint density at radius 3 is 2.94 bits per heavy atom. The van der Waals surface area contributed by atoms with E-state index in [1.807, 2.05) is 17.2 Å². The van der Waals surface area contributed by atoms with E-state index in [1.54, 1.807) is 12.4 Å². The van der Waals surface area contributed by atoms with Crippen molar-refractivity contribution in [3.8, 4) is 6.07 Å². The molecule has 0 aliphatic carbocycles. The minimum atomic E-state index is -0.230. The molecule has 0 bridgehead atoms. The molecular weight excluding hydrogens is 216 g/mol. The number of aliphatic imine (C=N–C) groups is 1. The predicted octanol–water partition coefficient (Wildman–Crippen LogP) is 0.898. The van der Waals surface area contributed by atoms with Gasteiger partial charge in [0.25, 0.3) is 0 Å². The van der Waals surface area contributed by atoms with Gasteiger partial charge in [-0.2, -0.15) is 5.26 Å². The molecule has 0 aromatic carbocycles. The number of nitriles is 1. The Morgan fingerprint density at radius 2 is 2.41 bits per heavy atom. The molecule has 0 radical (unpaired) electrons. The van der Waals surface area contributed by atoms with Crippen molar-refractivity contribution in [3.63, 3.8) is 0 Å². The average Bonchev–Trinajstić information content (AvgIpc) is 2.34. The maximum atomic E-state index is 12.0. The highest BCUT2D eigenvalue weighted by atomic mass is 16.2. The van der Waals surface area contributed by atoms with Crippen molar-refractivity contribution >= 4 is 12.1 Å². The smallest absolute Gasteiger partial charge is 0.243 e. The van der Waals surface area contributed by atoms with E-state index < -0.39 is 0 Å². The minimum Gasteiger partial charge on any atom is -0.359 e. The molecule has 1 unspecified atom stereocenters. The van der Waals surface area contributed by atoms with E-state index in [0.29, 0.717) is 12.5 Å². The van der Waals surface area contributed by atoms with E-state index in [-0.39, 0.29) is 18.5 Å². The predicted molar refractivity (Wildman–Crippen MR) is 66.2 cm³/mol. The van der Waals surface area contributed by atoms with Crippen LogP contribution < -0.4 is 5.32 Å². The number of carbonyl (C=O) groups is 1. The molecule has 0 saturated carbocycles. The van der Waals surface area contributed by atoms with Gasteiger partial charge in [0.2, 0.25) is 5.91 Å². The lowest BCUT2D eigenvalue weighted by Crippen LogP contribution is -2.46. The molecule has 1 atom stereocenters. The number of hydrogen-bond donors (Lipinski definition) is 1. The summed E-state index contributed by atoms with van der Waals surface area (Å²) in [5.41, 5.74) is 0. The van der Waals surface area contributed by atoms with Crippen LogP contribution in [0.25, 0.3) is 0 Å². The summed E-state index contributed by atoms with van der Waals surface area (Å²) in [7, 11) is 0. The molecule has 0 fully saturated rings. The molecule has 92 valence electrons. The third-order valence-corrected chi connectivity index (χ3v) is 2.48. The summed E-state index contributed by atoms with van der Waals surface area (Å²) in [6, 6.07) is 1.68. The number of amides is 1. The lowest BCUT2D eigenvalue weighted by molar-refractivity contribution is -0.125.